The molecule has 6 nitrogen and oxygen atoms in total. The van der Waals surface area contributed by atoms with Gasteiger partial charge in [0.15, 0.2) is 0 Å². The van der Waals surface area contributed by atoms with Crippen LogP contribution in [0.25, 0.3) is 0 Å². The van der Waals surface area contributed by atoms with Gasteiger partial charge in [0, 0.05) is 51.4 Å². The van der Waals surface area contributed by atoms with Crippen LogP contribution in [-0.2, 0) is 16.6 Å². The van der Waals surface area contributed by atoms with E-state index in [1.165, 1.54) is 25.9 Å². The van der Waals surface area contributed by atoms with E-state index in [-0.39, 0.29) is 11.8 Å². The molecule has 150 valence electrons. The van der Waals surface area contributed by atoms with E-state index in [1.807, 2.05) is 30.3 Å². The van der Waals surface area contributed by atoms with Crippen LogP contribution < -0.4 is 0 Å². The molecule has 4 rings (SSSR count). The number of nitrogens with zero attached hydrogens (tertiary/aromatic N) is 4. The summed E-state index contributed by atoms with van der Waals surface area (Å²) in [5, 5.41) is 0. The molecular formula is C20H32N4O2S. The second-order valence-electron chi connectivity index (χ2n) is 8.32. The molecule has 3 saturated heterocycles. The van der Waals surface area contributed by atoms with Crippen molar-refractivity contribution in [3.05, 3.63) is 35.9 Å². The van der Waals surface area contributed by atoms with Gasteiger partial charge in [-0.15, -0.1) is 0 Å². The van der Waals surface area contributed by atoms with Gasteiger partial charge in [-0.2, -0.15) is 4.31 Å². The number of likely N-dealkylation sites (tertiary alicyclic amines) is 1. The maximum atomic E-state index is 12.6. The van der Waals surface area contributed by atoms with Gasteiger partial charge in [-0.1, -0.05) is 30.3 Å². The van der Waals surface area contributed by atoms with Crippen LogP contribution in [0.2, 0.25) is 0 Å². The highest BCUT2D eigenvalue weighted by atomic mass is 32.2. The van der Waals surface area contributed by atoms with E-state index in [4.69, 9.17) is 0 Å². The Balaban J connectivity index is 1.31. The minimum atomic E-state index is -3.15. The average Bonchev–Trinajstić information content (AvgIpc) is 2.98. The summed E-state index contributed by atoms with van der Waals surface area (Å²) < 4.78 is 27.0. The van der Waals surface area contributed by atoms with Crippen LogP contribution in [-0.4, -0.2) is 98.1 Å². The van der Waals surface area contributed by atoms with Gasteiger partial charge in [-0.25, -0.2) is 8.42 Å². The molecule has 0 N–H and O–H groups in total. The predicted octanol–water partition coefficient (Wildman–Crippen LogP) is 0.912. The minimum absolute atomic E-state index is 0.137. The predicted molar refractivity (Wildman–Crippen MR) is 108 cm³/mol. The fourth-order valence-corrected chi connectivity index (χ4v) is 6.51. The van der Waals surface area contributed by atoms with Crippen LogP contribution in [0.3, 0.4) is 0 Å². The molecule has 0 amide bonds. The zero-order chi connectivity index (χ0) is 18.9. The van der Waals surface area contributed by atoms with Crippen LogP contribution >= 0.6 is 0 Å². The number of hydrogen-bond acceptors (Lipinski definition) is 5. The summed E-state index contributed by atoms with van der Waals surface area (Å²) in [6.45, 7) is 7.64. The molecule has 27 heavy (non-hydrogen) atoms. The second-order valence-corrected chi connectivity index (χ2v) is 10.3. The van der Waals surface area contributed by atoms with Gasteiger partial charge >= 0.3 is 0 Å². The second kappa shape index (κ2) is 8.17. The fourth-order valence-electron chi connectivity index (χ4n) is 4.75. The molecule has 0 radical (unpaired) electrons. The molecule has 7 heteroatoms. The first-order valence-electron chi connectivity index (χ1n) is 10.2. The lowest BCUT2D eigenvalue weighted by molar-refractivity contribution is 0.0496. The lowest BCUT2D eigenvalue weighted by atomic mass is 10.0. The summed E-state index contributed by atoms with van der Waals surface area (Å²) in [4.78, 5) is 7.46. The third-order valence-corrected chi connectivity index (χ3v) is 8.35. The smallest absolute Gasteiger partial charge is 0.216 e. The normalized spacial score (nSPS) is 29.3. The molecule has 0 spiro atoms. The Morgan fingerprint density at radius 1 is 0.889 bits per heavy atom. The topological polar surface area (TPSA) is 47.1 Å². The van der Waals surface area contributed by atoms with E-state index >= 15 is 0 Å². The van der Waals surface area contributed by atoms with E-state index in [2.05, 4.69) is 21.7 Å². The largest absolute Gasteiger partial charge is 0.306 e. The highest BCUT2D eigenvalue weighted by molar-refractivity contribution is 7.89. The van der Waals surface area contributed by atoms with Crippen molar-refractivity contribution in [1.82, 2.24) is 19.0 Å². The number of piperazine rings is 1. The molecule has 1 atom stereocenters. The third-order valence-electron chi connectivity index (χ3n) is 6.48. The number of hydrogen-bond donors (Lipinski definition) is 0. The first-order chi connectivity index (χ1) is 13.0. The molecular weight excluding hydrogens is 360 g/mol. The highest BCUT2D eigenvalue weighted by Crippen LogP contribution is 2.24. The summed E-state index contributed by atoms with van der Waals surface area (Å²) in [6.07, 6.45) is 2.53. The van der Waals surface area contributed by atoms with E-state index in [0.717, 1.165) is 31.7 Å². The molecule has 0 saturated carbocycles. The first kappa shape index (κ1) is 19.3. The molecule has 0 aliphatic carbocycles. The van der Waals surface area contributed by atoms with Crippen molar-refractivity contribution in [2.24, 2.45) is 0 Å². The van der Waals surface area contributed by atoms with Gasteiger partial charge in [0.1, 0.15) is 0 Å². The lowest BCUT2D eigenvalue weighted by Gasteiger charge is -2.43. The Labute approximate surface area is 163 Å². The number of sulfonamides is 1. The van der Waals surface area contributed by atoms with Gasteiger partial charge in [0.05, 0.1) is 5.75 Å². The quantitative estimate of drug-likeness (QED) is 0.762. The van der Waals surface area contributed by atoms with Crippen molar-refractivity contribution in [3.63, 3.8) is 0 Å². The van der Waals surface area contributed by atoms with Crippen molar-refractivity contribution in [1.29, 1.82) is 0 Å². The SMILES string of the molecule is CN1CCC(N2CCN(C3CN(Cc4ccccc4)S(=O)(=O)C3)CC2)CC1. The molecule has 3 aliphatic rings. The van der Waals surface area contributed by atoms with Gasteiger partial charge in [0.2, 0.25) is 10.0 Å². The zero-order valence-electron chi connectivity index (χ0n) is 16.3. The Morgan fingerprint density at radius 2 is 1.48 bits per heavy atom. The minimum Gasteiger partial charge on any atom is -0.306 e. The van der Waals surface area contributed by atoms with E-state index in [0.29, 0.717) is 19.1 Å². The summed E-state index contributed by atoms with van der Waals surface area (Å²) in [6, 6.07) is 10.8. The van der Waals surface area contributed by atoms with Gasteiger partial charge in [-0.3, -0.25) is 9.80 Å². The molecule has 0 aromatic heterocycles. The molecule has 3 fully saturated rings. The highest BCUT2D eigenvalue weighted by Gasteiger charge is 2.40. The van der Waals surface area contributed by atoms with Crippen LogP contribution in [0, 0.1) is 0 Å². The zero-order valence-corrected chi connectivity index (χ0v) is 17.1. The Hall–Kier alpha value is -0.990. The Bertz CT molecular complexity index is 711. The fraction of sp³-hybridized carbons (Fsp3) is 0.700. The maximum Gasteiger partial charge on any atom is 0.216 e. The van der Waals surface area contributed by atoms with Crippen LogP contribution in [0.15, 0.2) is 30.3 Å². The van der Waals surface area contributed by atoms with Gasteiger partial charge in [-0.05, 0) is 38.5 Å². The van der Waals surface area contributed by atoms with E-state index in [1.54, 1.807) is 4.31 Å². The third kappa shape index (κ3) is 4.54. The van der Waals surface area contributed by atoms with Crippen molar-refractivity contribution in [2.75, 3.05) is 58.6 Å². The van der Waals surface area contributed by atoms with Gasteiger partial charge < -0.3 is 4.90 Å². The van der Waals surface area contributed by atoms with Crippen LogP contribution in [0.5, 0.6) is 0 Å². The Kier molecular flexibility index (Phi) is 5.85. The van der Waals surface area contributed by atoms with Crippen molar-refractivity contribution in [2.45, 2.75) is 31.5 Å². The monoisotopic (exact) mass is 392 g/mol. The summed E-state index contributed by atoms with van der Waals surface area (Å²) in [7, 11) is -0.947. The lowest BCUT2D eigenvalue weighted by Crippen LogP contribution is -2.55. The molecule has 1 unspecified atom stereocenters. The molecule has 1 aromatic rings. The van der Waals surface area contributed by atoms with Crippen molar-refractivity contribution in [3.8, 4) is 0 Å². The number of rotatable bonds is 4. The molecule has 1 aromatic carbocycles. The summed E-state index contributed by atoms with van der Waals surface area (Å²) in [5.74, 6) is 0.272. The average molecular weight is 393 g/mol. The van der Waals surface area contributed by atoms with Crippen LogP contribution in [0.4, 0.5) is 0 Å². The van der Waals surface area contributed by atoms with Gasteiger partial charge in [0.25, 0.3) is 0 Å². The number of benzene rings is 1. The molecule has 3 aliphatic heterocycles. The Morgan fingerprint density at radius 3 is 2.11 bits per heavy atom. The van der Waals surface area contributed by atoms with E-state index < -0.39 is 10.0 Å². The van der Waals surface area contributed by atoms with Crippen LogP contribution in [0.1, 0.15) is 18.4 Å². The summed E-state index contributed by atoms with van der Waals surface area (Å²) >= 11 is 0. The van der Waals surface area contributed by atoms with Crippen molar-refractivity contribution < 1.29 is 8.42 Å². The molecule has 0 bridgehead atoms. The van der Waals surface area contributed by atoms with E-state index in [9.17, 15) is 8.42 Å². The first-order valence-corrected chi connectivity index (χ1v) is 11.8. The van der Waals surface area contributed by atoms with Crippen molar-refractivity contribution >= 4 is 10.0 Å². The number of piperidine rings is 1. The maximum absolute atomic E-state index is 12.6. The summed E-state index contributed by atoms with van der Waals surface area (Å²) in [5.41, 5.74) is 1.06. The standard InChI is InChI=1S/C20H32N4O2S/c1-21-9-7-19(8-10-21)22-11-13-23(14-12-22)20-16-24(27(25,26)17-20)15-18-5-3-2-4-6-18/h2-6,19-20H,7-17H2,1H3. The molecule has 3 heterocycles.